The van der Waals surface area contributed by atoms with Gasteiger partial charge in [-0.05, 0) is 19.2 Å². The monoisotopic (exact) mass is 285 g/mol. The molecule has 0 aliphatic carbocycles. The summed E-state index contributed by atoms with van der Waals surface area (Å²) >= 11 is 0. The second-order valence-electron chi connectivity index (χ2n) is 5.40. The summed E-state index contributed by atoms with van der Waals surface area (Å²) < 4.78 is 3.16. The summed E-state index contributed by atoms with van der Waals surface area (Å²) in [5, 5.41) is 0. The van der Waals surface area contributed by atoms with Crippen LogP contribution in [-0.4, -0.2) is 32.3 Å². The van der Waals surface area contributed by atoms with Crippen LogP contribution in [-0.2, 0) is 6.54 Å². The maximum absolute atomic E-state index is 12.5. The summed E-state index contributed by atoms with van der Waals surface area (Å²) in [4.78, 5) is 19.4. The fraction of sp³-hybridized carbons (Fsp3) is 0.438. The van der Waals surface area contributed by atoms with Crippen molar-refractivity contribution in [3.05, 3.63) is 46.9 Å². The number of imidazole rings is 1. The molecule has 0 N–H and O–H groups in total. The normalized spacial score (nSPS) is 17.0. The van der Waals surface area contributed by atoms with Crippen molar-refractivity contribution in [2.45, 2.75) is 33.4 Å². The molecule has 2 aromatic rings. The van der Waals surface area contributed by atoms with Gasteiger partial charge in [0.1, 0.15) is 17.7 Å². The third kappa shape index (κ3) is 2.17. The highest BCUT2D eigenvalue weighted by atomic mass is 16.3. The van der Waals surface area contributed by atoms with E-state index in [1.165, 1.54) is 0 Å². The lowest BCUT2D eigenvalue weighted by Crippen LogP contribution is -2.26. The van der Waals surface area contributed by atoms with Gasteiger partial charge in [0.05, 0.1) is 5.69 Å². The van der Waals surface area contributed by atoms with E-state index in [0.29, 0.717) is 5.69 Å². The standard InChI is InChI=1S/C16H21N4O/c1-4-18(5-2)10-13-16-12(3)20(21)15-9-7-6-8-14(15)19(16)11-17-13/h6-9,11-12H,4-5,10H2,1-3H3/q+1. The number of nitrogens with zero attached hydrogens (tertiary/aromatic N) is 4. The van der Waals surface area contributed by atoms with Crippen molar-refractivity contribution in [1.82, 2.24) is 14.5 Å². The highest BCUT2D eigenvalue weighted by molar-refractivity contribution is 5.55. The van der Waals surface area contributed by atoms with Crippen molar-refractivity contribution in [3.8, 4) is 5.69 Å². The average molecular weight is 285 g/mol. The molecule has 0 amide bonds. The lowest BCUT2D eigenvalue weighted by Gasteiger charge is -2.20. The van der Waals surface area contributed by atoms with Crippen LogP contribution in [0.3, 0.4) is 0 Å². The number of benzene rings is 1. The summed E-state index contributed by atoms with van der Waals surface area (Å²) in [6.07, 6.45) is 1.84. The summed E-state index contributed by atoms with van der Waals surface area (Å²) in [5.41, 5.74) is 3.64. The van der Waals surface area contributed by atoms with Crippen LogP contribution in [0.15, 0.2) is 30.6 Å². The maximum atomic E-state index is 12.5. The summed E-state index contributed by atoms with van der Waals surface area (Å²) in [7, 11) is 0. The van der Waals surface area contributed by atoms with Crippen molar-refractivity contribution < 1.29 is 4.76 Å². The average Bonchev–Trinajstić information content (AvgIpc) is 2.94. The van der Waals surface area contributed by atoms with Crippen molar-refractivity contribution in [1.29, 1.82) is 0 Å². The lowest BCUT2D eigenvalue weighted by molar-refractivity contribution is -0.512. The minimum atomic E-state index is -0.215. The van der Waals surface area contributed by atoms with E-state index in [2.05, 4.69) is 28.3 Å². The Labute approximate surface area is 124 Å². The number of aromatic nitrogens is 2. The summed E-state index contributed by atoms with van der Waals surface area (Å²) in [6.45, 7) is 8.98. The molecule has 0 saturated carbocycles. The Morgan fingerprint density at radius 1 is 1.29 bits per heavy atom. The molecule has 110 valence electrons. The zero-order chi connectivity index (χ0) is 15.0. The Morgan fingerprint density at radius 3 is 2.71 bits per heavy atom. The van der Waals surface area contributed by atoms with Gasteiger partial charge in [-0.3, -0.25) is 9.47 Å². The van der Waals surface area contributed by atoms with E-state index >= 15 is 0 Å². The Bertz CT molecular complexity index is 673. The Kier molecular flexibility index (Phi) is 3.59. The predicted octanol–water partition coefficient (Wildman–Crippen LogP) is 3.20. The first-order chi connectivity index (χ1) is 10.2. The molecular weight excluding hydrogens is 264 g/mol. The predicted molar refractivity (Wildman–Crippen MR) is 81.9 cm³/mol. The topological polar surface area (TPSA) is 41.1 Å². The summed E-state index contributed by atoms with van der Waals surface area (Å²) in [6, 6.07) is 7.48. The second-order valence-corrected chi connectivity index (χ2v) is 5.40. The van der Waals surface area contributed by atoms with Crippen LogP contribution in [0.4, 0.5) is 5.69 Å². The molecule has 1 unspecified atom stereocenters. The molecule has 1 aromatic heterocycles. The maximum Gasteiger partial charge on any atom is 0.280 e. The number of para-hydroxylation sites is 2. The molecule has 21 heavy (non-hydrogen) atoms. The van der Waals surface area contributed by atoms with Crippen LogP contribution in [0.5, 0.6) is 0 Å². The number of fused-ring (bicyclic) bond motifs is 3. The van der Waals surface area contributed by atoms with Crippen LogP contribution in [0.2, 0.25) is 0 Å². The first-order valence-electron chi connectivity index (χ1n) is 7.51. The lowest BCUT2D eigenvalue weighted by atomic mass is 10.1. The van der Waals surface area contributed by atoms with Crippen LogP contribution in [0, 0.1) is 4.91 Å². The van der Waals surface area contributed by atoms with E-state index in [-0.39, 0.29) is 6.04 Å². The van der Waals surface area contributed by atoms with Gasteiger partial charge in [-0.15, -0.1) is 0 Å². The number of rotatable bonds is 4. The van der Waals surface area contributed by atoms with Gasteiger partial charge in [-0.2, -0.15) is 0 Å². The van der Waals surface area contributed by atoms with Crippen molar-refractivity contribution in [3.63, 3.8) is 0 Å². The summed E-state index contributed by atoms with van der Waals surface area (Å²) in [5.74, 6) is 0. The van der Waals surface area contributed by atoms with E-state index in [9.17, 15) is 4.91 Å². The van der Waals surface area contributed by atoms with Crippen molar-refractivity contribution in [2.24, 2.45) is 0 Å². The number of nitroso groups, excluding NO2 is 1. The SMILES string of the molecule is CCN(CC)Cc1ncn2c1C(C)[N+](=O)c1ccccc1-2. The minimum absolute atomic E-state index is 0.215. The van der Waals surface area contributed by atoms with Gasteiger partial charge in [0.15, 0.2) is 0 Å². The van der Waals surface area contributed by atoms with Gasteiger partial charge in [0, 0.05) is 29.2 Å². The van der Waals surface area contributed by atoms with Crippen molar-refractivity contribution in [2.75, 3.05) is 13.1 Å². The van der Waals surface area contributed by atoms with E-state index in [1.807, 2.05) is 37.5 Å². The first-order valence-corrected chi connectivity index (χ1v) is 7.51. The molecule has 1 aliphatic heterocycles. The molecule has 2 heterocycles. The molecular formula is C16H21N4O+. The zero-order valence-electron chi connectivity index (χ0n) is 12.8. The van der Waals surface area contributed by atoms with E-state index in [0.717, 1.165) is 41.5 Å². The van der Waals surface area contributed by atoms with Crippen LogP contribution in [0.1, 0.15) is 38.2 Å². The van der Waals surface area contributed by atoms with E-state index in [1.54, 1.807) is 0 Å². The highest BCUT2D eigenvalue weighted by Crippen LogP contribution is 2.37. The van der Waals surface area contributed by atoms with E-state index < -0.39 is 0 Å². The van der Waals surface area contributed by atoms with Gasteiger partial charge < -0.3 is 0 Å². The smallest absolute Gasteiger partial charge is 0.280 e. The number of hydrogen-bond acceptors (Lipinski definition) is 3. The second kappa shape index (κ2) is 5.41. The molecule has 5 nitrogen and oxygen atoms in total. The quantitative estimate of drug-likeness (QED) is 0.810. The van der Waals surface area contributed by atoms with Crippen LogP contribution < -0.4 is 0 Å². The molecule has 0 spiro atoms. The Balaban J connectivity index is 2.08. The Hall–Kier alpha value is -2.01. The first kappa shape index (κ1) is 13.9. The molecule has 1 atom stereocenters. The van der Waals surface area contributed by atoms with Crippen LogP contribution >= 0.6 is 0 Å². The molecule has 1 aromatic carbocycles. The largest absolute Gasteiger partial charge is 0.298 e. The minimum Gasteiger partial charge on any atom is -0.298 e. The van der Waals surface area contributed by atoms with Crippen LogP contribution in [0.25, 0.3) is 5.69 Å². The molecule has 0 saturated heterocycles. The Morgan fingerprint density at radius 2 is 2.00 bits per heavy atom. The van der Waals surface area contributed by atoms with Gasteiger partial charge in [0.2, 0.25) is 6.04 Å². The van der Waals surface area contributed by atoms with Gasteiger partial charge in [0.25, 0.3) is 5.69 Å². The highest BCUT2D eigenvalue weighted by Gasteiger charge is 2.38. The molecule has 0 radical (unpaired) electrons. The third-order valence-corrected chi connectivity index (χ3v) is 4.28. The molecule has 1 aliphatic rings. The zero-order valence-corrected chi connectivity index (χ0v) is 12.8. The molecule has 0 bridgehead atoms. The third-order valence-electron chi connectivity index (χ3n) is 4.28. The van der Waals surface area contributed by atoms with Gasteiger partial charge >= 0.3 is 0 Å². The molecule has 5 heteroatoms. The molecule has 0 fully saturated rings. The molecule has 3 rings (SSSR count). The fourth-order valence-electron chi connectivity index (χ4n) is 2.98. The van der Waals surface area contributed by atoms with E-state index in [4.69, 9.17) is 0 Å². The van der Waals surface area contributed by atoms with Gasteiger partial charge in [-0.1, -0.05) is 26.0 Å². The fourth-order valence-corrected chi connectivity index (χ4v) is 2.98. The number of hydrogen-bond donors (Lipinski definition) is 0. The van der Waals surface area contributed by atoms with Crippen molar-refractivity contribution >= 4 is 5.69 Å². The van der Waals surface area contributed by atoms with Gasteiger partial charge in [-0.25, -0.2) is 4.98 Å².